The number of anilines is 2. The van der Waals surface area contributed by atoms with Crippen LogP contribution in [-0.4, -0.2) is 36.6 Å². The number of nitrogens with one attached hydrogen (secondary N) is 2. The fourth-order valence-electron chi connectivity index (χ4n) is 4.88. The minimum atomic E-state index is -0.599. The van der Waals surface area contributed by atoms with E-state index in [1.165, 1.54) is 41.3 Å². The second kappa shape index (κ2) is 9.97. The Labute approximate surface area is 217 Å². The molecule has 0 unspecified atom stereocenters. The predicted molar refractivity (Wildman–Crippen MR) is 144 cm³/mol. The lowest BCUT2D eigenvalue weighted by molar-refractivity contribution is 0.262. The van der Waals surface area contributed by atoms with Crippen molar-refractivity contribution in [3.8, 4) is 11.1 Å². The van der Waals surface area contributed by atoms with E-state index in [2.05, 4.69) is 25.7 Å². The summed E-state index contributed by atoms with van der Waals surface area (Å²) in [7, 11) is 3.41. The molecule has 0 saturated heterocycles. The van der Waals surface area contributed by atoms with Gasteiger partial charge in [-0.05, 0) is 55.3 Å². The smallest absolute Gasteiger partial charge is 0.305 e. The molecular weight excluding hydrogens is 493 g/mol. The molecule has 5 rings (SSSR count). The maximum atomic E-state index is 14.9. The minimum absolute atomic E-state index is 0.0348. The van der Waals surface area contributed by atoms with Gasteiger partial charge in [0.25, 0.3) is 5.56 Å². The number of aryl methyl sites for hydroxylation is 3. The highest BCUT2D eigenvalue weighted by molar-refractivity contribution is 7.98. The zero-order valence-electron chi connectivity index (χ0n) is 21.1. The Morgan fingerprint density at radius 2 is 1.86 bits per heavy atom. The molecule has 1 aliphatic carbocycles. The first-order valence-corrected chi connectivity index (χ1v) is 13.3. The van der Waals surface area contributed by atoms with Gasteiger partial charge in [-0.15, -0.1) is 0 Å². The molecule has 0 atom stereocenters. The molecule has 3 aromatic heterocycles. The number of halogens is 1. The lowest BCUT2D eigenvalue weighted by Crippen LogP contribution is -2.22. The number of rotatable bonds is 5. The van der Waals surface area contributed by atoms with Gasteiger partial charge in [0.2, 0.25) is 0 Å². The number of nitrogens with zero attached hydrogens (tertiary/aromatic N) is 5. The van der Waals surface area contributed by atoms with Crippen LogP contribution in [0.15, 0.2) is 40.4 Å². The van der Waals surface area contributed by atoms with Gasteiger partial charge < -0.3 is 5.32 Å². The molecule has 1 aromatic carbocycles. The molecule has 1 aliphatic rings. The zero-order valence-corrected chi connectivity index (χ0v) is 21.9. The van der Waals surface area contributed by atoms with Crippen LogP contribution in [0.1, 0.15) is 42.9 Å². The normalized spacial score (nSPS) is 13.9. The number of amides is 2. The zero-order chi connectivity index (χ0) is 26.3. The summed E-state index contributed by atoms with van der Waals surface area (Å²) < 4.78 is 18.0. The van der Waals surface area contributed by atoms with E-state index in [-0.39, 0.29) is 11.2 Å². The number of fused-ring (bicyclic) bond motifs is 1. The second-order valence-electron chi connectivity index (χ2n) is 9.34. The van der Waals surface area contributed by atoms with Crippen LogP contribution in [-0.2, 0) is 14.1 Å². The van der Waals surface area contributed by atoms with Gasteiger partial charge in [0.1, 0.15) is 17.3 Å². The Bertz CT molecular complexity index is 1570. The molecule has 37 heavy (non-hydrogen) atoms. The number of benzene rings is 1. The first-order chi connectivity index (χ1) is 17.7. The van der Waals surface area contributed by atoms with E-state index in [4.69, 9.17) is 0 Å². The Hall–Kier alpha value is -3.73. The standard InChI is InChI=1S/C26H28FN7O2S/c1-14-9-19(27)21(29-25(36)30-22-12-20(32-34(22)3)15-7-5-6-8-15)11-17(14)18-10-16-13-28-26(37-4)31-23(16)33(2)24(18)35/h9-13,15H,5-8H2,1-4H3,(H2,29,30,36). The van der Waals surface area contributed by atoms with Crippen molar-refractivity contribution in [3.63, 3.8) is 0 Å². The first-order valence-electron chi connectivity index (χ1n) is 12.1. The molecule has 2 amide bonds. The van der Waals surface area contributed by atoms with Gasteiger partial charge in [-0.25, -0.2) is 19.2 Å². The van der Waals surface area contributed by atoms with Crippen molar-refractivity contribution in [2.24, 2.45) is 14.1 Å². The molecule has 0 bridgehead atoms. The predicted octanol–water partition coefficient (Wildman–Crippen LogP) is 5.20. The fraction of sp³-hybridized carbons (Fsp3) is 0.346. The van der Waals surface area contributed by atoms with Crippen LogP contribution in [0.4, 0.5) is 20.7 Å². The van der Waals surface area contributed by atoms with Gasteiger partial charge in [0.05, 0.1) is 11.4 Å². The highest BCUT2D eigenvalue weighted by Crippen LogP contribution is 2.34. The Kier molecular flexibility index (Phi) is 6.72. The summed E-state index contributed by atoms with van der Waals surface area (Å²) in [4.78, 5) is 34.8. The van der Waals surface area contributed by atoms with E-state index in [1.54, 1.807) is 38.0 Å². The van der Waals surface area contributed by atoms with Gasteiger partial charge in [-0.3, -0.25) is 19.4 Å². The van der Waals surface area contributed by atoms with Crippen LogP contribution >= 0.6 is 11.8 Å². The summed E-state index contributed by atoms with van der Waals surface area (Å²) in [5.41, 5.74) is 2.60. The van der Waals surface area contributed by atoms with E-state index in [9.17, 15) is 14.0 Å². The molecule has 0 aliphatic heterocycles. The van der Waals surface area contributed by atoms with Crippen molar-refractivity contribution >= 4 is 40.3 Å². The molecular formula is C26H28FN7O2S. The van der Waals surface area contributed by atoms with Crippen LogP contribution in [0.3, 0.4) is 0 Å². The van der Waals surface area contributed by atoms with E-state index < -0.39 is 11.8 Å². The molecule has 192 valence electrons. The van der Waals surface area contributed by atoms with Crippen LogP contribution in [0, 0.1) is 12.7 Å². The summed E-state index contributed by atoms with van der Waals surface area (Å²) in [6, 6.07) is 5.77. The van der Waals surface area contributed by atoms with Crippen molar-refractivity contribution in [1.82, 2.24) is 24.3 Å². The number of thioether (sulfide) groups is 1. The van der Waals surface area contributed by atoms with Crippen molar-refractivity contribution in [3.05, 3.63) is 57.9 Å². The number of aromatic nitrogens is 5. The van der Waals surface area contributed by atoms with Gasteiger partial charge in [-0.1, -0.05) is 24.6 Å². The lowest BCUT2D eigenvalue weighted by Gasteiger charge is -2.14. The van der Waals surface area contributed by atoms with Crippen molar-refractivity contribution in [2.45, 2.75) is 43.7 Å². The Balaban J connectivity index is 1.44. The third-order valence-electron chi connectivity index (χ3n) is 6.88. The van der Waals surface area contributed by atoms with Gasteiger partial charge in [0.15, 0.2) is 5.16 Å². The van der Waals surface area contributed by atoms with Gasteiger partial charge in [-0.2, -0.15) is 5.10 Å². The van der Waals surface area contributed by atoms with Crippen molar-refractivity contribution in [1.29, 1.82) is 0 Å². The molecule has 1 saturated carbocycles. The number of carbonyl (C=O) groups is 1. The molecule has 1 fully saturated rings. The highest BCUT2D eigenvalue weighted by atomic mass is 32.2. The van der Waals surface area contributed by atoms with E-state index in [0.717, 1.165) is 18.5 Å². The summed E-state index contributed by atoms with van der Waals surface area (Å²) >= 11 is 1.39. The number of pyridine rings is 1. The molecule has 0 radical (unpaired) electrons. The largest absolute Gasteiger partial charge is 0.324 e. The highest BCUT2D eigenvalue weighted by Gasteiger charge is 2.22. The number of hydrogen-bond acceptors (Lipinski definition) is 6. The van der Waals surface area contributed by atoms with Gasteiger partial charge >= 0.3 is 6.03 Å². The quantitative estimate of drug-likeness (QED) is 0.276. The number of hydrogen-bond donors (Lipinski definition) is 2. The average Bonchev–Trinajstić information content (AvgIpc) is 3.53. The Morgan fingerprint density at radius 3 is 2.59 bits per heavy atom. The second-order valence-corrected chi connectivity index (χ2v) is 10.1. The van der Waals surface area contributed by atoms with Crippen molar-refractivity contribution < 1.29 is 9.18 Å². The summed E-state index contributed by atoms with van der Waals surface area (Å²) in [5.74, 6) is 0.336. The van der Waals surface area contributed by atoms with Crippen LogP contribution in [0.2, 0.25) is 0 Å². The maximum Gasteiger partial charge on any atom is 0.324 e. The van der Waals surface area contributed by atoms with E-state index in [0.29, 0.717) is 44.6 Å². The first kappa shape index (κ1) is 24.9. The third kappa shape index (κ3) is 4.83. The summed E-state index contributed by atoms with van der Waals surface area (Å²) in [5, 5.41) is 11.1. The molecule has 9 nitrogen and oxygen atoms in total. The topological polar surface area (TPSA) is 107 Å². The van der Waals surface area contributed by atoms with Crippen LogP contribution < -0.4 is 16.2 Å². The van der Waals surface area contributed by atoms with Gasteiger partial charge in [0, 0.05) is 43.2 Å². The number of urea groups is 1. The average molecular weight is 522 g/mol. The number of carbonyl (C=O) groups excluding carboxylic acids is 1. The van der Waals surface area contributed by atoms with E-state index in [1.807, 2.05) is 12.3 Å². The SMILES string of the molecule is CSc1ncc2cc(-c3cc(NC(=O)Nc4cc(C5CCCC5)nn4C)c(F)cc3C)c(=O)n(C)c2n1. The third-order valence-corrected chi connectivity index (χ3v) is 7.44. The minimum Gasteiger partial charge on any atom is -0.305 e. The maximum absolute atomic E-state index is 14.9. The monoisotopic (exact) mass is 521 g/mol. The Morgan fingerprint density at radius 1 is 1.11 bits per heavy atom. The molecule has 0 spiro atoms. The molecule has 3 heterocycles. The fourth-order valence-corrected chi connectivity index (χ4v) is 5.21. The van der Waals surface area contributed by atoms with Crippen molar-refractivity contribution in [2.75, 3.05) is 16.9 Å². The molecule has 11 heteroatoms. The molecule has 2 N–H and O–H groups in total. The molecule has 4 aromatic rings. The summed E-state index contributed by atoms with van der Waals surface area (Å²) in [6.45, 7) is 1.72. The van der Waals surface area contributed by atoms with Crippen LogP contribution in [0.25, 0.3) is 22.2 Å². The lowest BCUT2D eigenvalue weighted by atomic mass is 9.99. The van der Waals surface area contributed by atoms with E-state index >= 15 is 0 Å². The van der Waals surface area contributed by atoms with Crippen LogP contribution in [0.5, 0.6) is 0 Å². The summed E-state index contributed by atoms with van der Waals surface area (Å²) in [6.07, 6.45) is 8.09.